The Bertz CT molecular complexity index is 121. The van der Waals surface area contributed by atoms with Gasteiger partial charge in [0, 0.05) is 6.04 Å². The molecule has 0 saturated heterocycles. The van der Waals surface area contributed by atoms with E-state index in [9.17, 15) is 0 Å². The number of nitrogens with zero attached hydrogens (tertiary/aromatic N) is 2. The summed E-state index contributed by atoms with van der Waals surface area (Å²) in [6.45, 7) is 3.47. The van der Waals surface area contributed by atoms with Crippen LogP contribution in [0, 0.1) is 0 Å². The zero-order valence-corrected chi connectivity index (χ0v) is 10.7. The Hall–Kier alpha value is -0.0800. The monoisotopic (exact) mass is 200 g/mol. The maximum Gasteiger partial charge on any atom is 0.0101 e. The first-order valence-electron chi connectivity index (χ1n) is 5.89. The number of unbranched alkanes of at least 4 members (excludes halogenated alkanes) is 2. The van der Waals surface area contributed by atoms with Gasteiger partial charge in [-0.25, -0.2) is 0 Å². The van der Waals surface area contributed by atoms with E-state index in [1.54, 1.807) is 0 Å². The van der Waals surface area contributed by atoms with Gasteiger partial charge in [-0.3, -0.25) is 0 Å². The Balaban J connectivity index is 3.66. The second kappa shape index (κ2) is 8.25. The van der Waals surface area contributed by atoms with Gasteiger partial charge >= 0.3 is 0 Å². The third kappa shape index (κ3) is 7.34. The van der Waals surface area contributed by atoms with Gasteiger partial charge in [0.15, 0.2) is 0 Å². The van der Waals surface area contributed by atoms with Crippen molar-refractivity contribution in [2.75, 3.05) is 34.7 Å². The minimum Gasteiger partial charge on any atom is -0.309 e. The summed E-state index contributed by atoms with van der Waals surface area (Å²) in [5.41, 5.74) is 0. The molecule has 0 aliphatic rings. The van der Waals surface area contributed by atoms with Crippen molar-refractivity contribution in [3.05, 3.63) is 0 Å². The van der Waals surface area contributed by atoms with Crippen molar-refractivity contribution in [3.8, 4) is 0 Å². The standard InChI is InChI=1S/C12H28N2/c1-6-7-8-9-12(14(4)5)10-11-13(2)3/h12H,6-11H2,1-5H3. The fraction of sp³-hybridized carbons (Fsp3) is 1.00. The van der Waals surface area contributed by atoms with Crippen molar-refractivity contribution >= 4 is 0 Å². The highest BCUT2D eigenvalue weighted by atomic mass is 15.1. The van der Waals surface area contributed by atoms with Crippen LogP contribution in [0.5, 0.6) is 0 Å². The van der Waals surface area contributed by atoms with E-state index in [2.05, 4.69) is 44.9 Å². The van der Waals surface area contributed by atoms with E-state index in [-0.39, 0.29) is 0 Å². The molecule has 0 heterocycles. The van der Waals surface area contributed by atoms with Crippen LogP contribution in [-0.4, -0.2) is 50.6 Å². The minimum absolute atomic E-state index is 0.768. The molecule has 0 bridgehead atoms. The van der Waals surface area contributed by atoms with Crippen LogP contribution in [0.25, 0.3) is 0 Å². The largest absolute Gasteiger partial charge is 0.309 e. The van der Waals surface area contributed by atoms with E-state index in [0.29, 0.717) is 0 Å². The SMILES string of the molecule is CCCCCC(CCN(C)C)N(C)C. The summed E-state index contributed by atoms with van der Waals surface area (Å²) in [5.74, 6) is 0. The zero-order chi connectivity index (χ0) is 11.0. The molecule has 0 aliphatic carbocycles. The van der Waals surface area contributed by atoms with E-state index < -0.39 is 0 Å². The lowest BCUT2D eigenvalue weighted by Crippen LogP contribution is -2.31. The second-order valence-electron chi connectivity index (χ2n) is 4.71. The Kier molecular flexibility index (Phi) is 8.20. The molecule has 0 aromatic heterocycles. The molecule has 0 aromatic carbocycles. The first kappa shape index (κ1) is 13.9. The Labute approximate surface area is 90.3 Å². The highest BCUT2D eigenvalue weighted by molar-refractivity contribution is 4.67. The molecule has 0 N–H and O–H groups in total. The van der Waals surface area contributed by atoms with Crippen molar-refractivity contribution < 1.29 is 0 Å². The zero-order valence-electron chi connectivity index (χ0n) is 10.7. The van der Waals surface area contributed by atoms with Crippen LogP contribution in [0.15, 0.2) is 0 Å². The van der Waals surface area contributed by atoms with E-state index in [1.165, 1.54) is 38.6 Å². The predicted octanol–water partition coefficient (Wildman–Crippen LogP) is 2.45. The number of hydrogen-bond donors (Lipinski definition) is 0. The lowest BCUT2D eigenvalue weighted by atomic mass is 10.0. The highest BCUT2D eigenvalue weighted by Crippen LogP contribution is 2.11. The molecule has 0 aromatic rings. The van der Waals surface area contributed by atoms with Crippen LogP contribution in [0.1, 0.15) is 39.0 Å². The molecule has 0 saturated carbocycles. The molecule has 1 atom stereocenters. The molecule has 0 radical (unpaired) electrons. The quantitative estimate of drug-likeness (QED) is 0.555. The van der Waals surface area contributed by atoms with Crippen molar-refractivity contribution in [1.82, 2.24) is 9.80 Å². The maximum atomic E-state index is 2.37. The molecular formula is C12H28N2. The van der Waals surface area contributed by atoms with Gasteiger partial charge in [0.25, 0.3) is 0 Å². The summed E-state index contributed by atoms with van der Waals surface area (Å²) in [7, 11) is 8.70. The normalized spacial score (nSPS) is 13.9. The number of hydrogen-bond acceptors (Lipinski definition) is 2. The van der Waals surface area contributed by atoms with E-state index in [4.69, 9.17) is 0 Å². The van der Waals surface area contributed by atoms with Gasteiger partial charge in [0.1, 0.15) is 0 Å². The van der Waals surface area contributed by atoms with E-state index >= 15 is 0 Å². The lowest BCUT2D eigenvalue weighted by Gasteiger charge is -2.25. The van der Waals surface area contributed by atoms with Crippen molar-refractivity contribution in [2.24, 2.45) is 0 Å². The smallest absolute Gasteiger partial charge is 0.0101 e. The maximum absolute atomic E-state index is 2.37. The van der Waals surface area contributed by atoms with Crippen molar-refractivity contribution in [1.29, 1.82) is 0 Å². The van der Waals surface area contributed by atoms with Crippen LogP contribution in [0.3, 0.4) is 0 Å². The van der Waals surface area contributed by atoms with Gasteiger partial charge in [0.2, 0.25) is 0 Å². The molecule has 0 amide bonds. The van der Waals surface area contributed by atoms with E-state index in [1.807, 2.05) is 0 Å². The Morgan fingerprint density at radius 2 is 1.57 bits per heavy atom. The fourth-order valence-electron chi connectivity index (χ4n) is 1.70. The third-order valence-electron chi connectivity index (χ3n) is 2.78. The topological polar surface area (TPSA) is 6.48 Å². The molecule has 0 fully saturated rings. The van der Waals surface area contributed by atoms with Crippen LogP contribution >= 0.6 is 0 Å². The second-order valence-corrected chi connectivity index (χ2v) is 4.71. The van der Waals surface area contributed by atoms with Crippen molar-refractivity contribution in [2.45, 2.75) is 45.1 Å². The molecule has 2 heteroatoms. The molecule has 0 spiro atoms. The highest BCUT2D eigenvalue weighted by Gasteiger charge is 2.10. The average molecular weight is 200 g/mol. The summed E-state index contributed by atoms with van der Waals surface area (Å²) in [5, 5.41) is 0. The first-order chi connectivity index (χ1) is 6.57. The first-order valence-corrected chi connectivity index (χ1v) is 5.89. The molecule has 2 nitrogen and oxygen atoms in total. The summed E-state index contributed by atoms with van der Waals surface area (Å²) in [6, 6.07) is 0.768. The molecule has 14 heavy (non-hydrogen) atoms. The Morgan fingerprint density at radius 1 is 0.929 bits per heavy atom. The van der Waals surface area contributed by atoms with Gasteiger partial charge in [0.05, 0.1) is 0 Å². The fourth-order valence-corrected chi connectivity index (χ4v) is 1.70. The van der Waals surface area contributed by atoms with Crippen LogP contribution in [0.4, 0.5) is 0 Å². The van der Waals surface area contributed by atoms with Gasteiger partial charge in [-0.2, -0.15) is 0 Å². The van der Waals surface area contributed by atoms with Gasteiger partial charge in [-0.1, -0.05) is 26.2 Å². The van der Waals surface area contributed by atoms with Gasteiger partial charge in [-0.15, -0.1) is 0 Å². The van der Waals surface area contributed by atoms with Gasteiger partial charge < -0.3 is 9.80 Å². The van der Waals surface area contributed by atoms with E-state index in [0.717, 1.165) is 6.04 Å². The predicted molar refractivity (Wildman–Crippen MR) is 64.8 cm³/mol. The summed E-state index contributed by atoms with van der Waals surface area (Å²) < 4.78 is 0. The molecule has 86 valence electrons. The molecule has 0 aliphatic heterocycles. The lowest BCUT2D eigenvalue weighted by molar-refractivity contribution is 0.234. The van der Waals surface area contributed by atoms with Crippen LogP contribution < -0.4 is 0 Å². The van der Waals surface area contributed by atoms with Crippen LogP contribution in [-0.2, 0) is 0 Å². The summed E-state index contributed by atoms with van der Waals surface area (Å²) >= 11 is 0. The molecule has 1 unspecified atom stereocenters. The van der Waals surface area contributed by atoms with Crippen LogP contribution in [0.2, 0.25) is 0 Å². The van der Waals surface area contributed by atoms with Crippen molar-refractivity contribution in [3.63, 3.8) is 0 Å². The minimum atomic E-state index is 0.768. The van der Waals surface area contributed by atoms with Gasteiger partial charge in [-0.05, 0) is 47.6 Å². The Morgan fingerprint density at radius 3 is 2.00 bits per heavy atom. The third-order valence-corrected chi connectivity index (χ3v) is 2.78. The number of rotatable bonds is 8. The average Bonchev–Trinajstić information content (AvgIpc) is 2.10. The molecular weight excluding hydrogens is 172 g/mol. The summed E-state index contributed by atoms with van der Waals surface area (Å²) in [4.78, 5) is 4.65. The summed E-state index contributed by atoms with van der Waals surface area (Å²) in [6.07, 6.45) is 6.74. The molecule has 0 rings (SSSR count).